The normalized spacial score (nSPS) is 31.3. The second-order valence-electron chi connectivity index (χ2n) is 8.80. The van der Waals surface area contributed by atoms with Gasteiger partial charge in [-0.25, -0.2) is 4.79 Å². The molecule has 2 heterocycles. The molecule has 1 aromatic rings. The summed E-state index contributed by atoms with van der Waals surface area (Å²) in [7, 11) is 0. The topological polar surface area (TPSA) is 108 Å². The van der Waals surface area contributed by atoms with E-state index in [1.165, 1.54) is 13.8 Å². The summed E-state index contributed by atoms with van der Waals surface area (Å²) in [6.45, 7) is 4.93. The lowest BCUT2D eigenvalue weighted by atomic mass is 9.49. The zero-order chi connectivity index (χ0) is 22.8. The molecule has 9 nitrogen and oxygen atoms in total. The molecule has 2 aliphatic heterocycles. The first kappa shape index (κ1) is 20.8. The number of piperidine rings is 1. The van der Waals surface area contributed by atoms with Gasteiger partial charge in [-0.05, 0) is 37.8 Å². The molecule has 9 heteroatoms. The van der Waals surface area contributed by atoms with Crippen LogP contribution in [0.4, 0.5) is 4.79 Å². The van der Waals surface area contributed by atoms with E-state index in [1.807, 2.05) is 6.07 Å². The second-order valence-corrected chi connectivity index (χ2v) is 8.80. The number of ketones is 1. The number of ether oxygens (including phenoxy) is 4. The standard InChI is InChI=1S/C23H25NO8/c1-4-29-21(28)24-10-9-22-18-14-5-6-16(30-12(2)25)19(18)31-20(22)15(27)7-8-23(22,17(24)11-14)32-13(3)26/h5-6,17,20H,4,7-11H2,1-3H3/t17-,20?,22?,23-/m1/s1. The van der Waals surface area contributed by atoms with E-state index < -0.39 is 41.2 Å². The van der Waals surface area contributed by atoms with Crippen molar-refractivity contribution < 1.29 is 38.1 Å². The summed E-state index contributed by atoms with van der Waals surface area (Å²) in [6, 6.07) is 2.98. The predicted octanol–water partition coefficient (Wildman–Crippen LogP) is 2.06. The summed E-state index contributed by atoms with van der Waals surface area (Å²) in [4.78, 5) is 51.7. The first-order valence-electron chi connectivity index (χ1n) is 10.9. The highest BCUT2D eigenvalue weighted by Crippen LogP contribution is 2.66. The van der Waals surface area contributed by atoms with Crippen LogP contribution >= 0.6 is 0 Å². The number of carbonyl (C=O) groups excluding carboxylic acids is 4. The molecule has 0 aromatic heterocycles. The fraction of sp³-hybridized carbons (Fsp3) is 0.565. The Labute approximate surface area is 184 Å². The van der Waals surface area contributed by atoms with Crippen molar-refractivity contribution in [3.63, 3.8) is 0 Å². The van der Waals surface area contributed by atoms with Crippen molar-refractivity contribution in [3.8, 4) is 11.5 Å². The van der Waals surface area contributed by atoms with Crippen LogP contribution in [0.3, 0.4) is 0 Å². The maximum absolute atomic E-state index is 13.1. The lowest BCUT2D eigenvalue weighted by molar-refractivity contribution is -0.210. The molecule has 4 aliphatic rings. The molecule has 0 N–H and O–H groups in total. The average molecular weight is 443 g/mol. The zero-order valence-corrected chi connectivity index (χ0v) is 18.3. The van der Waals surface area contributed by atoms with Gasteiger partial charge in [0.1, 0.15) is 5.60 Å². The Hall–Kier alpha value is -3.10. The van der Waals surface area contributed by atoms with E-state index >= 15 is 0 Å². The molecule has 32 heavy (non-hydrogen) atoms. The first-order valence-corrected chi connectivity index (χ1v) is 10.9. The lowest BCUT2D eigenvalue weighted by Crippen LogP contribution is -2.78. The van der Waals surface area contributed by atoms with E-state index in [1.54, 1.807) is 17.9 Å². The number of likely N-dealkylation sites (tertiary alicyclic amines) is 1. The number of hydrogen-bond acceptors (Lipinski definition) is 8. The Kier molecular flexibility index (Phi) is 4.51. The molecule has 170 valence electrons. The van der Waals surface area contributed by atoms with Gasteiger partial charge in [0, 0.05) is 32.4 Å². The second kappa shape index (κ2) is 6.95. The highest BCUT2D eigenvalue weighted by Gasteiger charge is 2.76. The number of esters is 2. The molecule has 4 atom stereocenters. The van der Waals surface area contributed by atoms with Crippen molar-refractivity contribution in [2.75, 3.05) is 13.2 Å². The highest BCUT2D eigenvalue weighted by atomic mass is 16.6. The van der Waals surface area contributed by atoms with Crippen molar-refractivity contribution in [1.82, 2.24) is 4.90 Å². The summed E-state index contributed by atoms with van der Waals surface area (Å²) >= 11 is 0. The summed E-state index contributed by atoms with van der Waals surface area (Å²) in [5.41, 5.74) is -0.457. The van der Waals surface area contributed by atoms with Crippen molar-refractivity contribution in [2.24, 2.45) is 0 Å². The number of rotatable bonds is 3. The molecule has 5 rings (SSSR count). The third-order valence-corrected chi connectivity index (χ3v) is 7.28. The van der Waals surface area contributed by atoms with Crippen LogP contribution in [0.25, 0.3) is 0 Å². The minimum atomic E-state index is -1.14. The Morgan fingerprint density at radius 2 is 1.97 bits per heavy atom. The van der Waals surface area contributed by atoms with Gasteiger partial charge < -0.3 is 23.8 Å². The number of carbonyl (C=O) groups is 4. The van der Waals surface area contributed by atoms with Crippen molar-refractivity contribution in [2.45, 2.75) is 69.6 Å². The summed E-state index contributed by atoms with van der Waals surface area (Å²) < 4.78 is 23.0. The molecular weight excluding hydrogens is 418 g/mol. The van der Waals surface area contributed by atoms with Gasteiger partial charge in [-0.3, -0.25) is 14.4 Å². The third kappa shape index (κ3) is 2.50. The molecular formula is C23H25NO8. The summed E-state index contributed by atoms with van der Waals surface area (Å²) in [5.74, 6) is -0.468. The van der Waals surface area contributed by atoms with Gasteiger partial charge in [0.2, 0.25) is 0 Å². The van der Waals surface area contributed by atoms with Gasteiger partial charge in [-0.15, -0.1) is 0 Å². The van der Waals surface area contributed by atoms with Crippen LogP contribution in [-0.2, 0) is 35.7 Å². The molecule has 1 saturated carbocycles. The molecule has 2 unspecified atom stereocenters. The van der Waals surface area contributed by atoms with Crippen LogP contribution < -0.4 is 9.47 Å². The van der Waals surface area contributed by atoms with Gasteiger partial charge >= 0.3 is 18.0 Å². The monoisotopic (exact) mass is 443 g/mol. The van der Waals surface area contributed by atoms with Crippen LogP contribution in [0.15, 0.2) is 12.1 Å². The van der Waals surface area contributed by atoms with Crippen LogP contribution in [-0.4, -0.2) is 59.6 Å². The molecule has 1 amide bonds. The fourth-order valence-electron chi connectivity index (χ4n) is 6.41. The maximum Gasteiger partial charge on any atom is 0.410 e. The molecule has 1 aromatic carbocycles. The average Bonchev–Trinajstić information content (AvgIpc) is 3.07. The molecule has 2 aliphatic carbocycles. The molecule has 1 saturated heterocycles. The number of Topliss-reactive ketones (excluding diaryl/α,β-unsaturated/α-hetero) is 1. The Morgan fingerprint density at radius 3 is 2.66 bits per heavy atom. The Balaban J connectivity index is 1.76. The van der Waals surface area contributed by atoms with E-state index in [-0.39, 0.29) is 31.0 Å². The van der Waals surface area contributed by atoms with Gasteiger partial charge in [0.25, 0.3) is 0 Å². The van der Waals surface area contributed by atoms with Gasteiger partial charge in [0.05, 0.1) is 18.1 Å². The van der Waals surface area contributed by atoms with Crippen molar-refractivity contribution >= 4 is 23.8 Å². The smallest absolute Gasteiger partial charge is 0.410 e. The first-order chi connectivity index (χ1) is 15.2. The van der Waals surface area contributed by atoms with Gasteiger partial charge in [0.15, 0.2) is 23.4 Å². The molecule has 2 fully saturated rings. The van der Waals surface area contributed by atoms with Gasteiger partial charge in [-0.1, -0.05) is 6.07 Å². The number of amides is 1. The SMILES string of the molecule is CCOC(=O)N1CCC23c4c5ccc(OC(C)=O)c4OC2C(=O)CC[C@@]3(OC(C)=O)[C@H]1C5. The van der Waals surface area contributed by atoms with Crippen LogP contribution in [0.1, 0.15) is 51.2 Å². The van der Waals surface area contributed by atoms with E-state index in [0.29, 0.717) is 25.1 Å². The van der Waals surface area contributed by atoms with E-state index in [9.17, 15) is 19.2 Å². The predicted molar refractivity (Wildman–Crippen MR) is 108 cm³/mol. The van der Waals surface area contributed by atoms with E-state index in [2.05, 4.69) is 0 Å². The van der Waals surface area contributed by atoms with E-state index in [0.717, 1.165) is 11.1 Å². The van der Waals surface area contributed by atoms with E-state index in [4.69, 9.17) is 18.9 Å². The minimum Gasteiger partial charge on any atom is -0.477 e. The summed E-state index contributed by atoms with van der Waals surface area (Å²) in [5, 5.41) is 0. The quantitative estimate of drug-likeness (QED) is 0.516. The van der Waals surface area contributed by atoms with Crippen molar-refractivity contribution in [3.05, 3.63) is 23.3 Å². The number of nitrogens with zero attached hydrogens (tertiary/aromatic N) is 1. The zero-order valence-electron chi connectivity index (χ0n) is 18.3. The van der Waals surface area contributed by atoms with Crippen molar-refractivity contribution in [1.29, 1.82) is 0 Å². The molecule has 1 spiro atoms. The van der Waals surface area contributed by atoms with Crippen LogP contribution in [0, 0.1) is 0 Å². The summed E-state index contributed by atoms with van der Waals surface area (Å²) in [6.07, 6.45) is -0.155. The maximum atomic E-state index is 13.1. The molecule has 2 bridgehead atoms. The fourth-order valence-corrected chi connectivity index (χ4v) is 6.41. The lowest BCUT2D eigenvalue weighted by Gasteiger charge is -2.63. The minimum absolute atomic E-state index is 0.0889. The Morgan fingerprint density at radius 1 is 1.19 bits per heavy atom. The Bertz CT molecular complexity index is 1050. The van der Waals surface area contributed by atoms with Crippen LogP contribution in [0.5, 0.6) is 11.5 Å². The number of hydrogen-bond donors (Lipinski definition) is 0. The largest absolute Gasteiger partial charge is 0.477 e. The number of benzene rings is 1. The highest BCUT2D eigenvalue weighted by molar-refractivity contribution is 5.91. The third-order valence-electron chi connectivity index (χ3n) is 7.28. The van der Waals surface area contributed by atoms with Gasteiger partial charge in [-0.2, -0.15) is 0 Å². The molecule has 0 radical (unpaired) electrons. The van der Waals surface area contributed by atoms with Crippen LogP contribution in [0.2, 0.25) is 0 Å².